The minimum absolute atomic E-state index is 0.487. The van der Waals surface area contributed by atoms with Crippen LogP contribution in [0.2, 0.25) is 0 Å². The van der Waals surface area contributed by atoms with Crippen LogP contribution in [0.15, 0.2) is 10.5 Å². The molecule has 3 heterocycles. The van der Waals surface area contributed by atoms with Crippen molar-refractivity contribution in [2.24, 2.45) is 0 Å². The normalized spacial score (nSPS) is 32.3. The molecule has 2 fully saturated rings. The van der Waals surface area contributed by atoms with Gasteiger partial charge >= 0.3 is 0 Å². The van der Waals surface area contributed by atoms with Crippen molar-refractivity contribution in [2.45, 2.75) is 77.0 Å². The summed E-state index contributed by atoms with van der Waals surface area (Å²) in [6, 6.07) is 4.91. The van der Waals surface area contributed by atoms with E-state index in [1.165, 1.54) is 37.7 Å². The Labute approximate surface area is 122 Å². The first kappa shape index (κ1) is 14.2. The Morgan fingerprint density at radius 3 is 2.40 bits per heavy atom. The van der Waals surface area contributed by atoms with Crippen LogP contribution in [0, 0.1) is 13.8 Å². The summed E-state index contributed by atoms with van der Waals surface area (Å²) < 4.78 is 5.75. The molecule has 0 amide bonds. The highest BCUT2D eigenvalue weighted by atomic mass is 16.3. The van der Waals surface area contributed by atoms with Crippen LogP contribution in [-0.4, -0.2) is 30.1 Å². The van der Waals surface area contributed by atoms with E-state index in [9.17, 15) is 0 Å². The van der Waals surface area contributed by atoms with Gasteiger partial charge in [0.05, 0.1) is 0 Å². The maximum absolute atomic E-state index is 5.75. The smallest absolute Gasteiger partial charge is 0.105 e. The standard InChI is InChI=1S/C17H28N2O/c1-11-8-17(13(3)20-11)12(2)19-15-6-5-7-16(19)10-14(9-15)18-4/h8,12,14-16,18H,5-7,9-10H2,1-4H3. The van der Waals surface area contributed by atoms with Crippen LogP contribution >= 0.6 is 0 Å². The largest absolute Gasteiger partial charge is 0.466 e. The third-order valence-corrected chi connectivity index (χ3v) is 5.42. The number of rotatable bonds is 3. The van der Waals surface area contributed by atoms with Crippen molar-refractivity contribution >= 4 is 0 Å². The molecule has 1 aromatic heterocycles. The maximum Gasteiger partial charge on any atom is 0.105 e. The highest BCUT2D eigenvalue weighted by Gasteiger charge is 2.40. The average Bonchev–Trinajstić information content (AvgIpc) is 2.75. The summed E-state index contributed by atoms with van der Waals surface area (Å²) in [5.41, 5.74) is 1.39. The Bertz CT molecular complexity index is 454. The third kappa shape index (κ3) is 2.42. The van der Waals surface area contributed by atoms with E-state index in [0.29, 0.717) is 12.1 Å². The molecule has 3 unspecified atom stereocenters. The molecular formula is C17H28N2O. The molecule has 3 atom stereocenters. The van der Waals surface area contributed by atoms with Crippen LogP contribution in [0.4, 0.5) is 0 Å². The van der Waals surface area contributed by atoms with E-state index >= 15 is 0 Å². The molecule has 2 aliphatic heterocycles. The molecule has 2 saturated heterocycles. The van der Waals surface area contributed by atoms with Crippen LogP contribution in [-0.2, 0) is 0 Å². The summed E-state index contributed by atoms with van der Waals surface area (Å²) in [4.78, 5) is 2.79. The lowest BCUT2D eigenvalue weighted by Gasteiger charge is -2.51. The lowest BCUT2D eigenvalue weighted by molar-refractivity contribution is -0.00552. The van der Waals surface area contributed by atoms with Gasteiger partial charge in [-0.15, -0.1) is 0 Å². The second-order valence-electron chi connectivity index (χ2n) is 6.69. The SMILES string of the molecule is CNC1CC2CCCC(C1)N2C(C)c1cc(C)oc1C. The molecule has 0 aliphatic carbocycles. The number of hydrogen-bond acceptors (Lipinski definition) is 3. The van der Waals surface area contributed by atoms with Crippen LogP contribution in [0.1, 0.15) is 62.2 Å². The second kappa shape index (κ2) is 5.53. The van der Waals surface area contributed by atoms with Crippen LogP contribution in [0.25, 0.3) is 0 Å². The van der Waals surface area contributed by atoms with Gasteiger partial charge < -0.3 is 9.73 Å². The number of furan rings is 1. The maximum atomic E-state index is 5.75. The molecule has 2 aliphatic rings. The molecule has 1 aromatic rings. The molecule has 0 saturated carbocycles. The van der Waals surface area contributed by atoms with Gasteiger partial charge in [0, 0.05) is 29.7 Å². The predicted octanol–water partition coefficient (Wildman–Crippen LogP) is 3.56. The van der Waals surface area contributed by atoms with Crippen molar-refractivity contribution in [1.29, 1.82) is 0 Å². The summed E-state index contributed by atoms with van der Waals surface area (Å²) in [5, 5.41) is 3.50. The Balaban J connectivity index is 1.84. The summed E-state index contributed by atoms with van der Waals surface area (Å²) in [5.74, 6) is 2.14. The van der Waals surface area contributed by atoms with E-state index in [4.69, 9.17) is 4.42 Å². The van der Waals surface area contributed by atoms with Crippen molar-refractivity contribution in [1.82, 2.24) is 10.2 Å². The highest BCUT2D eigenvalue weighted by Crippen LogP contribution is 2.40. The second-order valence-corrected chi connectivity index (χ2v) is 6.69. The number of nitrogens with zero attached hydrogens (tertiary/aromatic N) is 1. The lowest BCUT2D eigenvalue weighted by atomic mass is 9.80. The summed E-state index contributed by atoms with van der Waals surface area (Å²) in [6.07, 6.45) is 6.71. The molecule has 0 aromatic carbocycles. The minimum atomic E-state index is 0.487. The predicted molar refractivity (Wildman–Crippen MR) is 81.9 cm³/mol. The molecule has 3 nitrogen and oxygen atoms in total. The molecule has 20 heavy (non-hydrogen) atoms. The van der Waals surface area contributed by atoms with Gasteiger partial charge in [0.1, 0.15) is 11.5 Å². The lowest BCUT2D eigenvalue weighted by Crippen LogP contribution is -2.56. The van der Waals surface area contributed by atoms with Crippen LogP contribution in [0.3, 0.4) is 0 Å². The van der Waals surface area contributed by atoms with Crippen molar-refractivity contribution in [3.05, 3.63) is 23.2 Å². The van der Waals surface area contributed by atoms with Gasteiger partial charge in [0.25, 0.3) is 0 Å². The zero-order chi connectivity index (χ0) is 14.3. The van der Waals surface area contributed by atoms with Crippen LogP contribution in [0.5, 0.6) is 0 Å². The topological polar surface area (TPSA) is 28.4 Å². The number of aryl methyl sites for hydroxylation is 2. The van der Waals surface area contributed by atoms with Gasteiger partial charge in [-0.25, -0.2) is 0 Å². The monoisotopic (exact) mass is 276 g/mol. The van der Waals surface area contributed by atoms with E-state index in [1.54, 1.807) is 0 Å². The molecule has 3 heteroatoms. The summed E-state index contributed by atoms with van der Waals surface area (Å²) in [7, 11) is 2.11. The Morgan fingerprint density at radius 2 is 1.90 bits per heavy atom. The quantitative estimate of drug-likeness (QED) is 0.915. The number of fused-ring (bicyclic) bond motifs is 2. The summed E-state index contributed by atoms with van der Waals surface area (Å²) >= 11 is 0. The zero-order valence-corrected chi connectivity index (χ0v) is 13.3. The molecular weight excluding hydrogens is 248 g/mol. The number of piperidine rings is 2. The fraction of sp³-hybridized carbons (Fsp3) is 0.765. The molecule has 0 spiro atoms. The van der Waals surface area contributed by atoms with E-state index in [-0.39, 0.29) is 0 Å². The molecule has 1 N–H and O–H groups in total. The molecule has 2 bridgehead atoms. The Hall–Kier alpha value is -0.800. The van der Waals surface area contributed by atoms with Gasteiger partial charge in [0.15, 0.2) is 0 Å². The third-order valence-electron chi connectivity index (χ3n) is 5.42. The van der Waals surface area contributed by atoms with Gasteiger partial charge in [-0.05, 0) is 59.6 Å². The van der Waals surface area contributed by atoms with Gasteiger partial charge in [-0.3, -0.25) is 4.90 Å². The minimum Gasteiger partial charge on any atom is -0.466 e. The first-order valence-electron chi connectivity index (χ1n) is 8.11. The van der Waals surface area contributed by atoms with Gasteiger partial charge in [-0.2, -0.15) is 0 Å². The fourth-order valence-electron chi connectivity index (χ4n) is 4.51. The highest BCUT2D eigenvalue weighted by molar-refractivity contribution is 5.24. The van der Waals surface area contributed by atoms with E-state index in [0.717, 1.165) is 23.6 Å². The van der Waals surface area contributed by atoms with Crippen molar-refractivity contribution in [3.63, 3.8) is 0 Å². The van der Waals surface area contributed by atoms with Crippen molar-refractivity contribution in [3.8, 4) is 0 Å². The first-order chi connectivity index (χ1) is 9.60. The van der Waals surface area contributed by atoms with Crippen LogP contribution < -0.4 is 5.32 Å². The molecule has 3 rings (SSSR count). The zero-order valence-electron chi connectivity index (χ0n) is 13.3. The average molecular weight is 276 g/mol. The number of nitrogens with one attached hydrogen (secondary N) is 1. The first-order valence-corrected chi connectivity index (χ1v) is 8.11. The van der Waals surface area contributed by atoms with E-state index in [1.807, 2.05) is 0 Å². The van der Waals surface area contributed by atoms with E-state index in [2.05, 4.69) is 44.1 Å². The Morgan fingerprint density at radius 1 is 1.25 bits per heavy atom. The van der Waals surface area contributed by atoms with E-state index < -0.39 is 0 Å². The van der Waals surface area contributed by atoms with Crippen molar-refractivity contribution < 1.29 is 4.42 Å². The fourth-order valence-corrected chi connectivity index (χ4v) is 4.51. The molecule has 112 valence electrons. The van der Waals surface area contributed by atoms with Crippen molar-refractivity contribution in [2.75, 3.05) is 7.05 Å². The summed E-state index contributed by atoms with van der Waals surface area (Å²) in [6.45, 7) is 6.52. The number of hydrogen-bond donors (Lipinski definition) is 1. The Kier molecular flexibility index (Phi) is 3.91. The van der Waals surface area contributed by atoms with Gasteiger partial charge in [0.2, 0.25) is 0 Å². The molecule has 0 radical (unpaired) electrons. The van der Waals surface area contributed by atoms with Gasteiger partial charge in [-0.1, -0.05) is 6.42 Å².